The van der Waals surface area contributed by atoms with E-state index in [1.165, 1.54) is 22.8 Å². The average Bonchev–Trinajstić information content (AvgIpc) is 3.18. The van der Waals surface area contributed by atoms with Crippen LogP contribution in [0, 0.1) is 0 Å². The van der Waals surface area contributed by atoms with Crippen molar-refractivity contribution in [3.8, 4) is 0 Å². The van der Waals surface area contributed by atoms with E-state index in [-0.39, 0.29) is 5.41 Å². The Morgan fingerprint density at radius 1 is 1.30 bits per heavy atom. The maximum Gasteiger partial charge on any atom is 0.209 e. The summed E-state index contributed by atoms with van der Waals surface area (Å²) in [6.45, 7) is 3.33. The molecule has 1 spiro atoms. The molecule has 1 aromatic heterocycles. The summed E-state index contributed by atoms with van der Waals surface area (Å²) >= 11 is 1.49. The molecule has 2 aliphatic heterocycles. The van der Waals surface area contributed by atoms with Gasteiger partial charge in [-0.2, -0.15) is 4.37 Å². The van der Waals surface area contributed by atoms with E-state index in [0.717, 1.165) is 50.0 Å². The second kappa shape index (κ2) is 6.19. The lowest BCUT2D eigenvalue weighted by Gasteiger charge is -2.34. The highest BCUT2D eigenvalue weighted by atomic mass is 32.1. The molecule has 1 saturated heterocycles. The van der Waals surface area contributed by atoms with E-state index in [1.54, 1.807) is 7.11 Å². The van der Waals surface area contributed by atoms with Crippen LogP contribution >= 0.6 is 11.5 Å². The van der Waals surface area contributed by atoms with Crippen LogP contribution < -0.4 is 4.90 Å². The Bertz CT molecular complexity index is 682. The van der Waals surface area contributed by atoms with Crippen LogP contribution in [0.1, 0.15) is 24.2 Å². The largest absolute Gasteiger partial charge is 0.384 e. The molecule has 5 nitrogen and oxygen atoms in total. The second-order valence-electron chi connectivity index (χ2n) is 6.23. The SMILES string of the molecule is COCCc1nsc(N2CC3(CCOCC3)c3ccccc32)n1. The second-order valence-corrected chi connectivity index (χ2v) is 6.96. The van der Waals surface area contributed by atoms with Crippen LogP contribution in [-0.4, -0.2) is 42.8 Å². The molecule has 6 heteroatoms. The molecule has 0 amide bonds. The lowest BCUT2D eigenvalue weighted by atomic mass is 9.76. The Hall–Kier alpha value is -1.50. The van der Waals surface area contributed by atoms with Crippen LogP contribution in [-0.2, 0) is 21.3 Å². The van der Waals surface area contributed by atoms with Gasteiger partial charge in [-0.25, -0.2) is 4.98 Å². The van der Waals surface area contributed by atoms with E-state index in [0.29, 0.717) is 6.61 Å². The van der Waals surface area contributed by atoms with Crippen molar-refractivity contribution in [2.75, 3.05) is 38.4 Å². The summed E-state index contributed by atoms with van der Waals surface area (Å²) in [6, 6.07) is 8.73. The number of hydrogen-bond acceptors (Lipinski definition) is 6. The van der Waals surface area contributed by atoms with Crippen LogP contribution in [0.5, 0.6) is 0 Å². The van der Waals surface area contributed by atoms with Crippen molar-refractivity contribution in [1.29, 1.82) is 0 Å². The number of anilines is 2. The van der Waals surface area contributed by atoms with E-state index in [4.69, 9.17) is 14.5 Å². The highest BCUT2D eigenvalue weighted by Gasteiger charge is 2.44. The average molecular weight is 331 g/mol. The van der Waals surface area contributed by atoms with Crippen LogP contribution in [0.25, 0.3) is 0 Å². The summed E-state index contributed by atoms with van der Waals surface area (Å²) in [5.41, 5.74) is 2.92. The predicted octanol–water partition coefficient (Wildman–Crippen LogP) is 2.93. The zero-order chi connectivity index (χ0) is 15.7. The van der Waals surface area contributed by atoms with Gasteiger partial charge in [0.1, 0.15) is 5.82 Å². The quantitative estimate of drug-likeness (QED) is 0.862. The lowest BCUT2D eigenvalue weighted by molar-refractivity contribution is 0.0558. The Morgan fingerprint density at radius 2 is 2.13 bits per heavy atom. The van der Waals surface area contributed by atoms with E-state index < -0.39 is 0 Å². The van der Waals surface area contributed by atoms with Gasteiger partial charge >= 0.3 is 0 Å². The van der Waals surface area contributed by atoms with Crippen LogP contribution in [0.15, 0.2) is 24.3 Å². The van der Waals surface area contributed by atoms with Gasteiger partial charge in [0, 0.05) is 55.9 Å². The zero-order valence-corrected chi connectivity index (χ0v) is 14.1. The smallest absolute Gasteiger partial charge is 0.209 e. The maximum atomic E-state index is 5.60. The van der Waals surface area contributed by atoms with Crippen LogP contribution in [0.2, 0.25) is 0 Å². The van der Waals surface area contributed by atoms with Gasteiger partial charge in [-0.3, -0.25) is 0 Å². The number of fused-ring (bicyclic) bond motifs is 2. The zero-order valence-electron chi connectivity index (χ0n) is 13.3. The first-order valence-electron chi connectivity index (χ1n) is 8.09. The van der Waals surface area contributed by atoms with Crippen LogP contribution in [0.4, 0.5) is 10.8 Å². The normalized spacial score (nSPS) is 19.3. The van der Waals surface area contributed by atoms with Gasteiger partial charge in [0.25, 0.3) is 0 Å². The van der Waals surface area contributed by atoms with Crippen molar-refractivity contribution < 1.29 is 9.47 Å². The molecule has 0 N–H and O–H groups in total. The minimum absolute atomic E-state index is 0.202. The van der Waals surface area contributed by atoms with Gasteiger partial charge in [0.05, 0.1) is 6.61 Å². The molecule has 0 unspecified atom stereocenters. The molecule has 23 heavy (non-hydrogen) atoms. The third kappa shape index (κ3) is 2.65. The molecule has 2 aliphatic rings. The Labute approximate surface area is 140 Å². The van der Waals surface area contributed by atoms with Crippen LogP contribution in [0.3, 0.4) is 0 Å². The lowest BCUT2D eigenvalue weighted by Crippen LogP contribution is -2.37. The number of methoxy groups -OCH3 is 1. The van der Waals surface area contributed by atoms with Gasteiger partial charge in [-0.15, -0.1) is 0 Å². The van der Waals surface area contributed by atoms with Crippen molar-refractivity contribution >= 4 is 22.4 Å². The highest BCUT2D eigenvalue weighted by molar-refractivity contribution is 7.09. The van der Waals surface area contributed by atoms with Gasteiger partial charge in [-0.05, 0) is 24.5 Å². The molecule has 0 bridgehead atoms. The fraction of sp³-hybridized carbons (Fsp3) is 0.529. The molecule has 0 radical (unpaired) electrons. The molecular weight excluding hydrogens is 310 g/mol. The molecule has 122 valence electrons. The molecule has 0 saturated carbocycles. The first-order valence-corrected chi connectivity index (χ1v) is 8.86. The van der Waals surface area contributed by atoms with E-state index >= 15 is 0 Å². The molecule has 0 atom stereocenters. The third-order valence-electron chi connectivity index (χ3n) is 4.89. The summed E-state index contributed by atoms with van der Waals surface area (Å²) in [5, 5.41) is 0.993. The molecule has 2 aromatic rings. The van der Waals surface area contributed by atoms with Crippen molar-refractivity contribution in [1.82, 2.24) is 9.36 Å². The number of benzene rings is 1. The summed E-state index contributed by atoms with van der Waals surface area (Å²) in [7, 11) is 1.71. The number of para-hydroxylation sites is 1. The first-order chi connectivity index (χ1) is 11.3. The van der Waals surface area contributed by atoms with Crippen molar-refractivity contribution in [3.05, 3.63) is 35.7 Å². The molecule has 0 aliphatic carbocycles. The number of ether oxygens (including phenoxy) is 2. The molecule has 1 aromatic carbocycles. The van der Waals surface area contributed by atoms with Gasteiger partial charge in [0.2, 0.25) is 5.13 Å². The van der Waals surface area contributed by atoms with Crippen molar-refractivity contribution in [2.24, 2.45) is 0 Å². The molecule has 1 fully saturated rings. The van der Waals surface area contributed by atoms with Crippen molar-refractivity contribution in [3.63, 3.8) is 0 Å². The first kappa shape index (κ1) is 15.1. The number of rotatable bonds is 4. The minimum Gasteiger partial charge on any atom is -0.384 e. The Kier molecular flexibility index (Phi) is 4.05. The van der Waals surface area contributed by atoms with Gasteiger partial charge < -0.3 is 14.4 Å². The van der Waals surface area contributed by atoms with Gasteiger partial charge in [0.15, 0.2) is 0 Å². The summed E-state index contributed by atoms with van der Waals surface area (Å²) < 4.78 is 15.2. The molecular formula is C17H21N3O2S. The number of nitrogens with zero attached hydrogens (tertiary/aromatic N) is 3. The summed E-state index contributed by atoms with van der Waals surface area (Å²) in [4.78, 5) is 7.07. The van der Waals surface area contributed by atoms with E-state index in [2.05, 4.69) is 33.5 Å². The minimum atomic E-state index is 0.202. The van der Waals surface area contributed by atoms with E-state index in [1.807, 2.05) is 0 Å². The Morgan fingerprint density at radius 3 is 2.96 bits per heavy atom. The number of aromatic nitrogens is 2. The predicted molar refractivity (Wildman–Crippen MR) is 90.7 cm³/mol. The summed E-state index contributed by atoms with van der Waals surface area (Å²) in [6.07, 6.45) is 2.92. The summed E-state index contributed by atoms with van der Waals surface area (Å²) in [5.74, 6) is 0.872. The number of hydrogen-bond donors (Lipinski definition) is 0. The standard InChI is InChI=1S/C17H21N3O2S/c1-21-9-6-15-18-16(23-19-15)20-12-17(7-10-22-11-8-17)13-4-2-3-5-14(13)20/h2-5H,6-12H2,1H3. The molecule has 4 rings (SSSR count). The maximum absolute atomic E-state index is 5.60. The molecule has 3 heterocycles. The monoisotopic (exact) mass is 331 g/mol. The van der Waals surface area contributed by atoms with Crippen molar-refractivity contribution in [2.45, 2.75) is 24.7 Å². The fourth-order valence-corrected chi connectivity index (χ4v) is 4.37. The topological polar surface area (TPSA) is 47.5 Å². The fourth-order valence-electron chi connectivity index (χ4n) is 3.64. The van der Waals surface area contributed by atoms with Gasteiger partial charge in [-0.1, -0.05) is 18.2 Å². The third-order valence-corrected chi connectivity index (χ3v) is 5.67. The highest BCUT2D eigenvalue weighted by Crippen LogP contribution is 2.49. The van der Waals surface area contributed by atoms with E-state index in [9.17, 15) is 0 Å². The Balaban J connectivity index is 1.66.